The van der Waals surface area contributed by atoms with E-state index < -0.39 is 0 Å². The van der Waals surface area contributed by atoms with Crippen molar-refractivity contribution in [1.29, 1.82) is 0 Å². The zero-order chi connectivity index (χ0) is 10.1. The molecule has 0 fully saturated rings. The molecule has 1 aromatic carbocycles. The van der Waals surface area contributed by atoms with Gasteiger partial charge < -0.3 is 4.90 Å². The minimum absolute atomic E-state index is 0.0757. The van der Waals surface area contributed by atoms with Crippen LogP contribution in [0.3, 0.4) is 0 Å². The van der Waals surface area contributed by atoms with Gasteiger partial charge in [0.25, 0.3) is 0 Å². The summed E-state index contributed by atoms with van der Waals surface area (Å²) in [5.41, 5.74) is 2.45. The number of benzene rings is 1. The number of para-hydroxylation sites is 1. The fourth-order valence-corrected chi connectivity index (χ4v) is 1.85. The van der Waals surface area contributed by atoms with Crippen molar-refractivity contribution in [2.75, 3.05) is 11.9 Å². The molecule has 1 amide bonds. The van der Waals surface area contributed by atoms with Crippen LogP contribution in [-0.4, -0.2) is 19.2 Å². The largest absolute Gasteiger partial charge is 0.314 e. The van der Waals surface area contributed by atoms with Crippen molar-refractivity contribution < 1.29 is 9.59 Å². The van der Waals surface area contributed by atoms with Crippen LogP contribution in [0.2, 0.25) is 0 Å². The lowest BCUT2D eigenvalue weighted by Gasteiger charge is -2.26. The maximum atomic E-state index is 11.4. The van der Waals surface area contributed by atoms with Crippen molar-refractivity contribution in [2.24, 2.45) is 0 Å². The molecular weight excluding hydrogens is 178 g/mol. The second-order valence-electron chi connectivity index (χ2n) is 3.43. The smallest absolute Gasteiger partial charge is 0.227 e. The average molecular weight is 189 g/mol. The molecule has 0 aromatic heterocycles. The third kappa shape index (κ3) is 1.21. The molecular formula is C11H11NO2. The SMILES string of the molecule is CN1C(=O)CCc2cccc(C=O)c21. The lowest BCUT2D eigenvalue weighted by molar-refractivity contribution is -0.118. The van der Waals surface area contributed by atoms with E-state index in [2.05, 4.69) is 0 Å². The Bertz CT molecular complexity index is 398. The van der Waals surface area contributed by atoms with E-state index in [1.165, 1.54) is 0 Å². The number of fused-ring (bicyclic) bond motifs is 1. The maximum Gasteiger partial charge on any atom is 0.227 e. The zero-order valence-corrected chi connectivity index (χ0v) is 7.99. The van der Waals surface area contributed by atoms with Gasteiger partial charge in [-0.15, -0.1) is 0 Å². The van der Waals surface area contributed by atoms with Crippen molar-refractivity contribution in [3.63, 3.8) is 0 Å². The quantitative estimate of drug-likeness (QED) is 0.626. The monoisotopic (exact) mass is 189 g/mol. The van der Waals surface area contributed by atoms with Gasteiger partial charge in [-0.1, -0.05) is 12.1 Å². The Morgan fingerprint density at radius 1 is 1.36 bits per heavy atom. The Kier molecular flexibility index (Phi) is 2.08. The highest BCUT2D eigenvalue weighted by Gasteiger charge is 2.22. The Balaban J connectivity index is 2.60. The van der Waals surface area contributed by atoms with Crippen LogP contribution in [0.25, 0.3) is 0 Å². The van der Waals surface area contributed by atoms with Crippen LogP contribution in [0.15, 0.2) is 18.2 Å². The Morgan fingerprint density at radius 3 is 2.86 bits per heavy atom. The highest BCUT2D eigenvalue weighted by atomic mass is 16.2. The first-order chi connectivity index (χ1) is 6.74. The Hall–Kier alpha value is -1.64. The van der Waals surface area contributed by atoms with Gasteiger partial charge >= 0.3 is 0 Å². The molecule has 2 rings (SSSR count). The van der Waals surface area contributed by atoms with E-state index in [1.54, 1.807) is 18.0 Å². The summed E-state index contributed by atoms with van der Waals surface area (Å²) in [6, 6.07) is 5.55. The Labute approximate surface area is 82.3 Å². The van der Waals surface area contributed by atoms with Gasteiger partial charge in [0.15, 0.2) is 6.29 Å². The first kappa shape index (κ1) is 8.94. The predicted octanol–water partition coefficient (Wildman–Crippen LogP) is 1.41. The number of carbonyl (C=O) groups excluding carboxylic acids is 2. The predicted molar refractivity (Wildman–Crippen MR) is 53.6 cm³/mol. The molecule has 1 aromatic rings. The molecule has 0 radical (unpaired) electrons. The lowest BCUT2D eigenvalue weighted by Crippen LogP contribution is -2.32. The molecule has 0 aliphatic carbocycles. The summed E-state index contributed by atoms with van der Waals surface area (Å²) in [7, 11) is 1.72. The summed E-state index contributed by atoms with van der Waals surface area (Å²) >= 11 is 0. The van der Waals surface area contributed by atoms with Gasteiger partial charge in [0.1, 0.15) is 0 Å². The third-order valence-corrected chi connectivity index (χ3v) is 2.60. The number of hydrogen-bond acceptors (Lipinski definition) is 2. The number of carbonyl (C=O) groups is 2. The van der Waals surface area contributed by atoms with Gasteiger partial charge in [-0.3, -0.25) is 9.59 Å². The summed E-state index contributed by atoms with van der Waals surface area (Å²) in [6.45, 7) is 0. The molecule has 1 heterocycles. The number of nitrogens with zero attached hydrogens (tertiary/aromatic N) is 1. The number of amides is 1. The van der Waals surface area contributed by atoms with E-state index >= 15 is 0 Å². The number of anilines is 1. The van der Waals surface area contributed by atoms with Crippen molar-refractivity contribution >= 4 is 17.9 Å². The van der Waals surface area contributed by atoms with Gasteiger partial charge in [0.2, 0.25) is 5.91 Å². The molecule has 3 nitrogen and oxygen atoms in total. The molecule has 0 saturated carbocycles. The van der Waals surface area contributed by atoms with Gasteiger partial charge in [0, 0.05) is 19.0 Å². The zero-order valence-electron chi connectivity index (χ0n) is 7.99. The highest BCUT2D eigenvalue weighted by Crippen LogP contribution is 2.29. The van der Waals surface area contributed by atoms with E-state index in [4.69, 9.17) is 0 Å². The molecule has 0 atom stereocenters. The van der Waals surface area contributed by atoms with Crippen molar-refractivity contribution in [3.8, 4) is 0 Å². The molecule has 14 heavy (non-hydrogen) atoms. The van der Waals surface area contributed by atoms with Crippen LogP contribution in [0, 0.1) is 0 Å². The van der Waals surface area contributed by atoms with E-state index in [-0.39, 0.29) is 5.91 Å². The molecule has 72 valence electrons. The van der Waals surface area contributed by atoms with Crippen LogP contribution in [0.1, 0.15) is 22.3 Å². The molecule has 1 aliphatic rings. The summed E-state index contributed by atoms with van der Waals surface area (Å²) in [5.74, 6) is 0.0757. The standard InChI is InChI=1S/C11H11NO2/c1-12-10(14)6-5-8-3-2-4-9(7-13)11(8)12/h2-4,7H,5-6H2,1H3. The highest BCUT2D eigenvalue weighted by molar-refractivity contribution is 6.01. The third-order valence-electron chi connectivity index (χ3n) is 2.60. The molecule has 1 aliphatic heterocycles. The van der Waals surface area contributed by atoms with E-state index in [9.17, 15) is 9.59 Å². The van der Waals surface area contributed by atoms with E-state index in [0.717, 1.165) is 24.0 Å². The molecule has 0 saturated heterocycles. The van der Waals surface area contributed by atoms with Crippen LogP contribution in [-0.2, 0) is 11.2 Å². The van der Waals surface area contributed by atoms with Gasteiger partial charge in [-0.05, 0) is 18.1 Å². The molecule has 0 spiro atoms. The number of aldehydes is 1. The second-order valence-corrected chi connectivity index (χ2v) is 3.43. The van der Waals surface area contributed by atoms with Crippen molar-refractivity contribution in [2.45, 2.75) is 12.8 Å². The van der Waals surface area contributed by atoms with Crippen LogP contribution in [0.4, 0.5) is 5.69 Å². The average Bonchev–Trinajstić information content (AvgIpc) is 2.23. The van der Waals surface area contributed by atoms with E-state index in [0.29, 0.717) is 12.0 Å². The summed E-state index contributed by atoms with van der Waals surface area (Å²) in [5, 5.41) is 0. The minimum atomic E-state index is 0.0757. The van der Waals surface area contributed by atoms with Crippen LogP contribution < -0.4 is 4.90 Å². The van der Waals surface area contributed by atoms with Gasteiger partial charge in [-0.25, -0.2) is 0 Å². The van der Waals surface area contributed by atoms with E-state index in [1.807, 2.05) is 12.1 Å². The number of hydrogen-bond donors (Lipinski definition) is 0. The maximum absolute atomic E-state index is 11.4. The summed E-state index contributed by atoms with van der Waals surface area (Å²) < 4.78 is 0. The van der Waals surface area contributed by atoms with Crippen LogP contribution in [0.5, 0.6) is 0 Å². The lowest BCUT2D eigenvalue weighted by atomic mass is 9.98. The first-order valence-electron chi connectivity index (χ1n) is 4.57. The second kappa shape index (κ2) is 3.25. The fourth-order valence-electron chi connectivity index (χ4n) is 1.85. The van der Waals surface area contributed by atoms with Crippen LogP contribution >= 0.6 is 0 Å². The van der Waals surface area contributed by atoms with Crippen molar-refractivity contribution in [3.05, 3.63) is 29.3 Å². The Morgan fingerprint density at radius 2 is 2.14 bits per heavy atom. The molecule has 0 unspecified atom stereocenters. The number of rotatable bonds is 1. The minimum Gasteiger partial charge on any atom is -0.314 e. The molecule has 3 heteroatoms. The fraction of sp³-hybridized carbons (Fsp3) is 0.273. The first-order valence-corrected chi connectivity index (χ1v) is 4.57. The van der Waals surface area contributed by atoms with Crippen molar-refractivity contribution in [1.82, 2.24) is 0 Å². The van der Waals surface area contributed by atoms with Gasteiger partial charge in [0.05, 0.1) is 5.69 Å². The normalized spacial score (nSPS) is 15.2. The number of aryl methyl sites for hydroxylation is 1. The summed E-state index contributed by atoms with van der Waals surface area (Å²) in [6.07, 6.45) is 2.07. The molecule has 0 bridgehead atoms. The van der Waals surface area contributed by atoms with Gasteiger partial charge in [-0.2, -0.15) is 0 Å². The molecule has 0 N–H and O–H groups in total. The topological polar surface area (TPSA) is 37.4 Å². The summed E-state index contributed by atoms with van der Waals surface area (Å²) in [4.78, 5) is 23.8.